The summed E-state index contributed by atoms with van der Waals surface area (Å²) in [5.74, 6) is 0.849. The lowest BCUT2D eigenvalue weighted by molar-refractivity contribution is 0.409. The molecule has 11 aromatic carbocycles. The summed E-state index contributed by atoms with van der Waals surface area (Å²) in [6.45, 7) is 0. The van der Waals surface area contributed by atoms with Crippen LogP contribution in [0.3, 0.4) is 0 Å². The van der Waals surface area contributed by atoms with Gasteiger partial charge in [-0.1, -0.05) is 237 Å². The standard InChI is InChI=1S/C61H43N3/c1-3-16-40(17-4-1)41-30-34-46(35-31-41)59-62-60(64-61(63-59)54-28-14-11-24-49(54)42-18-5-2-6-19-42)47-36-32-45(33-37-47)56-52-26-12-13-27-53(52)58(51-29-15-22-43-20-7-9-23-48(43)51)57-50-25-10-8-21-44(50)38-39-55(56)57/h1-39,59,61,63H,(H,62,64). The molecule has 0 fully saturated rings. The molecule has 1 heterocycles. The van der Waals surface area contributed by atoms with Crippen molar-refractivity contribution in [1.29, 1.82) is 0 Å². The number of benzene rings is 11. The molecule has 1 aliphatic rings. The quantitative estimate of drug-likeness (QED) is 0.124. The summed E-state index contributed by atoms with van der Waals surface area (Å²) in [5, 5.41) is 17.7. The first-order valence-electron chi connectivity index (χ1n) is 22.1. The van der Waals surface area contributed by atoms with E-state index in [1.165, 1.54) is 93.2 Å². The van der Waals surface area contributed by atoms with Gasteiger partial charge in [0.15, 0.2) is 0 Å². The fourth-order valence-corrected chi connectivity index (χ4v) is 9.93. The number of aliphatic imine (C=N–C) groups is 1. The third kappa shape index (κ3) is 6.62. The second kappa shape index (κ2) is 16.0. The van der Waals surface area contributed by atoms with E-state index in [0.29, 0.717) is 0 Å². The Kier molecular flexibility index (Phi) is 9.39. The summed E-state index contributed by atoms with van der Waals surface area (Å²) in [6.07, 6.45) is -0.484. The highest BCUT2D eigenvalue weighted by Crippen LogP contribution is 2.47. The molecule has 2 unspecified atom stereocenters. The van der Waals surface area contributed by atoms with Crippen LogP contribution < -0.4 is 10.6 Å². The van der Waals surface area contributed by atoms with Crippen molar-refractivity contribution in [2.24, 2.45) is 4.99 Å². The molecule has 302 valence electrons. The molecule has 0 saturated heterocycles. The molecule has 0 spiro atoms. The summed E-state index contributed by atoms with van der Waals surface area (Å²) in [4.78, 5) is 5.40. The fraction of sp³-hybridized carbons (Fsp3) is 0.0328. The fourth-order valence-electron chi connectivity index (χ4n) is 9.93. The summed E-state index contributed by atoms with van der Waals surface area (Å²) < 4.78 is 0. The van der Waals surface area contributed by atoms with E-state index in [4.69, 9.17) is 4.99 Å². The van der Waals surface area contributed by atoms with Gasteiger partial charge in [0.2, 0.25) is 0 Å². The van der Waals surface area contributed by atoms with E-state index in [1.807, 2.05) is 0 Å². The molecule has 12 rings (SSSR count). The van der Waals surface area contributed by atoms with Crippen molar-refractivity contribution >= 4 is 48.9 Å². The number of fused-ring (bicyclic) bond motifs is 5. The van der Waals surface area contributed by atoms with E-state index in [9.17, 15) is 0 Å². The Morgan fingerprint density at radius 1 is 0.328 bits per heavy atom. The van der Waals surface area contributed by atoms with Gasteiger partial charge in [-0.05, 0) is 98.7 Å². The number of amidine groups is 1. The predicted molar refractivity (Wildman–Crippen MR) is 269 cm³/mol. The Morgan fingerprint density at radius 2 is 0.859 bits per heavy atom. The van der Waals surface area contributed by atoms with Crippen molar-refractivity contribution in [3.8, 4) is 44.5 Å². The molecule has 0 aliphatic carbocycles. The van der Waals surface area contributed by atoms with Gasteiger partial charge in [-0.2, -0.15) is 0 Å². The first kappa shape index (κ1) is 37.6. The lowest BCUT2D eigenvalue weighted by atomic mass is 9.83. The van der Waals surface area contributed by atoms with E-state index < -0.39 is 0 Å². The maximum Gasteiger partial charge on any atom is 0.131 e. The Labute approximate surface area is 373 Å². The van der Waals surface area contributed by atoms with Crippen LogP contribution in [0.2, 0.25) is 0 Å². The summed E-state index contributed by atoms with van der Waals surface area (Å²) in [7, 11) is 0. The van der Waals surface area contributed by atoms with Gasteiger partial charge in [0.1, 0.15) is 18.2 Å². The maximum absolute atomic E-state index is 5.40. The number of nitrogens with one attached hydrogen (secondary N) is 2. The highest BCUT2D eigenvalue weighted by molar-refractivity contribution is 6.29. The Hall–Kier alpha value is -8.11. The number of rotatable bonds is 7. The van der Waals surface area contributed by atoms with Gasteiger partial charge >= 0.3 is 0 Å². The van der Waals surface area contributed by atoms with E-state index in [-0.39, 0.29) is 12.3 Å². The van der Waals surface area contributed by atoms with Crippen LogP contribution in [0.1, 0.15) is 29.0 Å². The molecule has 0 amide bonds. The molecule has 3 nitrogen and oxygen atoms in total. The third-order valence-corrected chi connectivity index (χ3v) is 13.0. The van der Waals surface area contributed by atoms with Crippen molar-refractivity contribution in [1.82, 2.24) is 10.6 Å². The third-order valence-electron chi connectivity index (χ3n) is 13.0. The van der Waals surface area contributed by atoms with Gasteiger partial charge in [0, 0.05) is 5.56 Å². The highest BCUT2D eigenvalue weighted by Gasteiger charge is 2.28. The molecule has 11 aromatic rings. The van der Waals surface area contributed by atoms with Crippen molar-refractivity contribution in [2.75, 3.05) is 0 Å². The summed E-state index contributed by atoms with van der Waals surface area (Å²) in [6, 6.07) is 85.6. The van der Waals surface area contributed by atoms with Gasteiger partial charge in [-0.15, -0.1) is 0 Å². The molecular weight excluding hydrogens is 775 g/mol. The van der Waals surface area contributed by atoms with Crippen LogP contribution in [0.25, 0.3) is 87.6 Å². The van der Waals surface area contributed by atoms with Crippen molar-refractivity contribution in [2.45, 2.75) is 12.3 Å². The molecule has 2 atom stereocenters. The van der Waals surface area contributed by atoms with Gasteiger partial charge < -0.3 is 5.32 Å². The summed E-state index contributed by atoms with van der Waals surface area (Å²) in [5.41, 5.74) is 13.0. The molecule has 0 aromatic heterocycles. The molecule has 0 bridgehead atoms. The van der Waals surface area contributed by atoms with Crippen LogP contribution in [0.5, 0.6) is 0 Å². The molecule has 3 heteroatoms. The summed E-state index contributed by atoms with van der Waals surface area (Å²) >= 11 is 0. The van der Waals surface area contributed by atoms with Crippen molar-refractivity contribution in [3.05, 3.63) is 253 Å². The number of hydrogen-bond donors (Lipinski definition) is 2. The topological polar surface area (TPSA) is 36.4 Å². The predicted octanol–water partition coefficient (Wildman–Crippen LogP) is 15.3. The van der Waals surface area contributed by atoms with Gasteiger partial charge in [-0.3, -0.25) is 5.32 Å². The van der Waals surface area contributed by atoms with Gasteiger partial charge in [0.25, 0.3) is 0 Å². The monoisotopic (exact) mass is 817 g/mol. The van der Waals surface area contributed by atoms with Crippen LogP contribution in [-0.2, 0) is 0 Å². The molecule has 0 radical (unpaired) electrons. The first-order valence-corrected chi connectivity index (χ1v) is 22.1. The van der Waals surface area contributed by atoms with Crippen molar-refractivity contribution < 1.29 is 0 Å². The lowest BCUT2D eigenvalue weighted by Gasteiger charge is -2.33. The van der Waals surface area contributed by atoms with Gasteiger partial charge in [-0.25, -0.2) is 4.99 Å². The zero-order valence-electron chi connectivity index (χ0n) is 35.1. The minimum Gasteiger partial charge on any atom is -0.350 e. The first-order chi connectivity index (χ1) is 31.7. The average molecular weight is 818 g/mol. The Balaban J connectivity index is 1.00. The van der Waals surface area contributed by atoms with E-state index in [1.54, 1.807) is 0 Å². The maximum atomic E-state index is 5.40. The SMILES string of the molecule is c1ccc(-c2ccc(C3N=C(c4ccc(-c5c6ccccc6c(-c6cccc7ccccc67)c6c5ccc5ccccc56)cc4)NC(c4ccccc4-c4ccccc4)N3)cc2)cc1. The Bertz CT molecular complexity index is 3530. The highest BCUT2D eigenvalue weighted by atomic mass is 15.3. The lowest BCUT2D eigenvalue weighted by Crippen LogP contribution is -2.45. The minimum atomic E-state index is -0.280. The van der Waals surface area contributed by atoms with Crippen LogP contribution in [0.15, 0.2) is 242 Å². The number of hydrogen-bond acceptors (Lipinski definition) is 3. The largest absolute Gasteiger partial charge is 0.350 e. The number of nitrogens with zero attached hydrogens (tertiary/aromatic N) is 1. The molecular formula is C61H43N3. The van der Waals surface area contributed by atoms with Gasteiger partial charge in [0.05, 0.1) is 0 Å². The zero-order chi connectivity index (χ0) is 42.4. The van der Waals surface area contributed by atoms with Crippen molar-refractivity contribution in [3.63, 3.8) is 0 Å². The van der Waals surface area contributed by atoms with E-state index in [2.05, 4.69) is 247 Å². The second-order valence-corrected chi connectivity index (χ2v) is 16.7. The zero-order valence-corrected chi connectivity index (χ0v) is 35.1. The Morgan fingerprint density at radius 3 is 1.61 bits per heavy atom. The van der Waals surface area contributed by atoms with Crippen LogP contribution in [0, 0.1) is 0 Å². The average Bonchev–Trinajstić information content (AvgIpc) is 3.38. The molecule has 0 saturated carbocycles. The van der Waals surface area contributed by atoms with E-state index >= 15 is 0 Å². The minimum absolute atomic E-state index is 0.204. The van der Waals surface area contributed by atoms with E-state index in [0.717, 1.165) is 17.0 Å². The van der Waals surface area contributed by atoms with Crippen LogP contribution in [0.4, 0.5) is 0 Å². The molecule has 1 aliphatic heterocycles. The molecule has 64 heavy (non-hydrogen) atoms. The second-order valence-electron chi connectivity index (χ2n) is 16.7. The molecule has 2 N–H and O–H groups in total. The smallest absolute Gasteiger partial charge is 0.131 e. The normalized spacial score (nSPS) is 15.0. The van der Waals surface area contributed by atoms with Crippen LogP contribution >= 0.6 is 0 Å². The van der Waals surface area contributed by atoms with Crippen LogP contribution in [-0.4, -0.2) is 5.84 Å².